The highest BCUT2D eigenvalue weighted by atomic mass is 19.1. The first-order valence-corrected chi connectivity index (χ1v) is 9.92. The first kappa shape index (κ1) is 21.1. The van der Waals surface area contributed by atoms with Crippen LogP contribution in [-0.4, -0.2) is 29.9 Å². The largest absolute Gasteiger partial charge is 0.497 e. The minimum absolute atomic E-state index is 0.178. The van der Waals surface area contributed by atoms with Gasteiger partial charge >= 0.3 is 5.97 Å². The van der Waals surface area contributed by atoms with E-state index in [0.717, 1.165) is 31.2 Å². The molecule has 0 aliphatic heterocycles. The van der Waals surface area contributed by atoms with Crippen molar-refractivity contribution in [3.05, 3.63) is 59.4 Å². The Morgan fingerprint density at radius 1 is 1.14 bits per heavy atom. The van der Waals surface area contributed by atoms with Crippen molar-refractivity contribution in [2.45, 2.75) is 44.1 Å². The molecule has 29 heavy (non-hydrogen) atoms. The highest BCUT2D eigenvalue weighted by molar-refractivity contribution is 5.67. The number of ether oxygens (including phenoxy) is 2. The average Bonchev–Trinajstić information content (AvgIpc) is 2.73. The van der Waals surface area contributed by atoms with Crippen LogP contribution in [0, 0.1) is 11.7 Å². The van der Waals surface area contributed by atoms with Gasteiger partial charge in [0.2, 0.25) is 0 Å². The van der Waals surface area contributed by atoms with Crippen LogP contribution in [0.15, 0.2) is 42.5 Å². The number of rotatable bonds is 8. The molecule has 0 radical (unpaired) electrons. The van der Waals surface area contributed by atoms with Gasteiger partial charge in [-0.2, -0.15) is 0 Å². The molecule has 2 aromatic carbocycles. The summed E-state index contributed by atoms with van der Waals surface area (Å²) >= 11 is 0. The van der Waals surface area contributed by atoms with E-state index >= 15 is 0 Å². The molecule has 0 bridgehead atoms. The van der Waals surface area contributed by atoms with Crippen molar-refractivity contribution in [1.82, 2.24) is 0 Å². The zero-order valence-corrected chi connectivity index (χ0v) is 16.5. The lowest BCUT2D eigenvalue weighted by atomic mass is 9.79. The lowest BCUT2D eigenvalue weighted by Crippen LogP contribution is -2.20. The standard InChI is InChI=1S/C23H27FO5/c1-28-18-9-10-21(24)20(12-18)16-7-5-15(6-8-16)14-29-19-4-2-3-17(11-19)22(25)13-23(26)27/h2-4,9-12,15-16,22,25H,5-8,13-14H2,1H3,(H,26,27)/t15?,16?,22-/m1/s1. The Morgan fingerprint density at radius 3 is 2.59 bits per heavy atom. The Bertz CT molecular complexity index is 830. The molecule has 3 rings (SSSR count). The summed E-state index contributed by atoms with van der Waals surface area (Å²) < 4.78 is 25.3. The molecule has 2 aromatic rings. The molecule has 0 aromatic heterocycles. The number of halogens is 1. The molecule has 2 N–H and O–H groups in total. The number of carbonyl (C=O) groups is 1. The fraction of sp³-hybridized carbons (Fsp3) is 0.435. The summed E-state index contributed by atoms with van der Waals surface area (Å²) in [6, 6.07) is 11.8. The third kappa shape index (κ3) is 5.70. The monoisotopic (exact) mass is 402 g/mol. The molecule has 0 saturated heterocycles. The Morgan fingerprint density at radius 2 is 1.90 bits per heavy atom. The average molecular weight is 402 g/mol. The van der Waals surface area contributed by atoms with Crippen molar-refractivity contribution in [1.29, 1.82) is 0 Å². The highest BCUT2D eigenvalue weighted by Gasteiger charge is 2.25. The fourth-order valence-corrected chi connectivity index (χ4v) is 3.91. The maximum absolute atomic E-state index is 14.2. The number of aliphatic hydroxyl groups excluding tert-OH is 1. The summed E-state index contributed by atoms with van der Waals surface area (Å²) in [6.07, 6.45) is 2.30. The number of carboxylic acids is 1. The molecule has 6 heteroatoms. The summed E-state index contributed by atoms with van der Waals surface area (Å²) in [7, 11) is 1.58. The lowest BCUT2D eigenvalue weighted by molar-refractivity contribution is -0.139. The van der Waals surface area contributed by atoms with Gasteiger partial charge in [-0.05, 0) is 79.0 Å². The Balaban J connectivity index is 1.52. The van der Waals surface area contributed by atoms with Gasteiger partial charge in [0, 0.05) is 0 Å². The normalized spacial score (nSPS) is 20.1. The van der Waals surface area contributed by atoms with Gasteiger partial charge in [0.1, 0.15) is 17.3 Å². The topological polar surface area (TPSA) is 76.0 Å². The zero-order chi connectivity index (χ0) is 20.8. The van der Waals surface area contributed by atoms with Gasteiger partial charge in [-0.3, -0.25) is 4.79 Å². The van der Waals surface area contributed by atoms with Crippen LogP contribution in [0.1, 0.15) is 55.3 Å². The summed E-state index contributed by atoms with van der Waals surface area (Å²) in [4.78, 5) is 10.8. The van der Waals surface area contributed by atoms with E-state index in [1.54, 1.807) is 43.5 Å². The van der Waals surface area contributed by atoms with E-state index in [-0.39, 0.29) is 18.2 Å². The zero-order valence-electron chi connectivity index (χ0n) is 16.5. The number of aliphatic carboxylic acids is 1. The van der Waals surface area contributed by atoms with Gasteiger partial charge in [-0.1, -0.05) is 12.1 Å². The van der Waals surface area contributed by atoms with Gasteiger partial charge in [-0.15, -0.1) is 0 Å². The molecule has 1 atom stereocenters. The Hall–Kier alpha value is -2.60. The van der Waals surface area contributed by atoms with E-state index in [9.17, 15) is 14.3 Å². The third-order valence-electron chi connectivity index (χ3n) is 5.59. The summed E-state index contributed by atoms with van der Waals surface area (Å²) in [5.41, 5.74) is 1.26. The molecule has 0 amide bonds. The van der Waals surface area contributed by atoms with E-state index in [2.05, 4.69) is 0 Å². The van der Waals surface area contributed by atoms with Gasteiger partial charge in [0.25, 0.3) is 0 Å². The Labute approximate surface area is 170 Å². The van der Waals surface area contributed by atoms with Gasteiger partial charge < -0.3 is 19.7 Å². The van der Waals surface area contributed by atoms with Gasteiger partial charge in [0.05, 0.1) is 26.2 Å². The fourth-order valence-electron chi connectivity index (χ4n) is 3.91. The van der Waals surface area contributed by atoms with Gasteiger partial charge in [0.15, 0.2) is 0 Å². The van der Waals surface area contributed by atoms with Crippen LogP contribution >= 0.6 is 0 Å². The smallest absolute Gasteiger partial charge is 0.306 e. The number of aliphatic hydroxyl groups is 1. The molecule has 0 unspecified atom stereocenters. The van der Waals surface area contributed by atoms with E-state index in [0.29, 0.717) is 29.6 Å². The van der Waals surface area contributed by atoms with E-state index in [1.165, 1.54) is 6.07 Å². The molecular formula is C23H27FO5. The second kappa shape index (κ2) is 9.74. The van der Waals surface area contributed by atoms with Crippen molar-refractivity contribution in [3.63, 3.8) is 0 Å². The van der Waals surface area contributed by atoms with Gasteiger partial charge in [-0.25, -0.2) is 4.39 Å². The molecule has 1 saturated carbocycles. The Kier molecular flexibility index (Phi) is 7.09. The maximum Gasteiger partial charge on any atom is 0.306 e. The predicted octanol–water partition coefficient (Wildman–Crippen LogP) is 4.70. The number of methoxy groups -OCH3 is 1. The number of carboxylic acid groups (broad SMARTS) is 1. The second-order valence-corrected chi connectivity index (χ2v) is 7.60. The first-order chi connectivity index (χ1) is 14.0. The number of hydrogen-bond acceptors (Lipinski definition) is 4. The second-order valence-electron chi connectivity index (χ2n) is 7.60. The molecule has 1 aliphatic carbocycles. The lowest BCUT2D eigenvalue weighted by Gasteiger charge is -2.29. The van der Waals surface area contributed by atoms with Crippen molar-refractivity contribution in [2.75, 3.05) is 13.7 Å². The van der Waals surface area contributed by atoms with Crippen LogP contribution in [0.2, 0.25) is 0 Å². The SMILES string of the molecule is COc1ccc(F)c(C2CCC(COc3cccc([C@H](O)CC(=O)O)c3)CC2)c1. The third-order valence-corrected chi connectivity index (χ3v) is 5.59. The van der Waals surface area contributed by atoms with Crippen molar-refractivity contribution < 1.29 is 28.9 Å². The molecular weight excluding hydrogens is 375 g/mol. The molecule has 5 nitrogen and oxygen atoms in total. The molecule has 1 aliphatic rings. The molecule has 0 spiro atoms. The predicted molar refractivity (Wildman–Crippen MR) is 107 cm³/mol. The van der Waals surface area contributed by atoms with Crippen molar-refractivity contribution in [2.24, 2.45) is 5.92 Å². The minimum atomic E-state index is -1.05. The van der Waals surface area contributed by atoms with Crippen LogP contribution < -0.4 is 9.47 Å². The van der Waals surface area contributed by atoms with Crippen LogP contribution in [0.4, 0.5) is 4.39 Å². The van der Waals surface area contributed by atoms with Crippen LogP contribution in [0.25, 0.3) is 0 Å². The first-order valence-electron chi connectivity index (χ1n) is 9.92. The number of hydrogen-bond donors (Lipinski definition) is 2. The van der Waals surface area contributed by atoms with E-state index in [1.807, 2.05) is 0 Å². The maximum atomic E-state index is 14.2. The number of benzene rings is 2. The van der Waals surface area contributed by atoms with E-state index < -0.39 is 12.1 Å². The summed E-state index contributed by atoms with van der Waals surface area (Å²) in [6.45, 7) is 0.547. The van der Waals surface area contributed by atoms with Crippen LogP contribution in [-0.2, 0) is 4.79 Å². The van der Waals surface area contributed by atoms with Crippen molar-refractivity contribution >= 4 is 5.97 Å². The summed E-state index contributed by atoms with van der Waals surface area (Å²) in [5.74, 6) is 0.642. The van der Waals surface area contributed by atoms with Crippen LogP contribution in [0.5, 0.6) is 11.5 Å². The molecule has 0 heterocycles. The minimum Gasteiger partial charge on any atom is -0.497 e. The molecule has 156 valence electrons. The van der Waals surface area contributed by atoms with E-state index in [4.69, 9.17) is 14.6 Å². The van der Waals surface area contributed by atoms with Crippen LogP contribution in [0.3, 0.4) is 0 Å². The quantitative estimate of drug-likeness (QED) is 0.670. The molecule has 1 fully saturated rings. The highest BCUT2D eigenvalue weighted by Crippen LogP contribution is 2.38. The summed E-state index contributed by atoms with van der Waals surface area (Å²) in [5, 5.41) is 18.8. The van der Waals surface area contributed by atoms with Crippen molar-refractivity contribution in [3.8, 4) is 11.5 Å².